The molecule has 134 valence electrons. The number of halogens is 2. The monoisotopic (exact) mass is 371 g/mol. The molecule has 0 saturated carbocycles. The van der Waals surface area contributed by atoms with Crippen LogP contribution in [-0.2, 0) is 24.2 Å². The van der Waals surface area contributed by atoms with Crippen molar-refractivity contribution < 1.29 is 14.3 Å². The highest BCUT2D eigenvalue weighted by Gasteiger charge is 2.27. The van der Waals surface area contributed by atoms with Crippen molar-refractivity contribution >= 4 is 28.5 Å². The Labute approximate surface area is 156 Å². The molecule has 0 fully saturated rings. The quantitative estimate of drug-likeness (QED) is 0.654. The molecule has 0 spiro atoms. The Morgan fingerprint density at radius 1 is 1.23 bits per heavy atom. The molecule has 1 unspecified atom stereocenters. The number of aryl methyl sites for hydroxylation is 1. The van der Waals surface area contributed by atoms with Crippen LogP contribution >= 0.6 is 11.6 Å². The number of aromatic nitrogens is 1. The molecule has 0 radical (unpaired) electrons. The van der Waals surface area contributed by atoms with E-state index >= 15 is 0 Å². The number of fused-ring (bicyclic) bond motifs is 3. The van der Waals surface area contributed by atoms with E-state index in [1.54, 1.807) is 12.1 Å². The molecule has 1 atom stereocenters. The van der Waals surface area contributed by atoms with Crippen LogP contribution in [0.4, 0.5) is 4.39 Å². The van der Waals surface area contributed by atoms with E-state index in [0.717, 1.165) is 40.6 Å². The lowest BCUT2D eigenvalue weighted by Crippen LogP contribution is -2.17. The topological polar surface area (TPSA) is 42.2 Å². The van der Waals surface area contributed by atoms with Gasteiger partial charge in [0.15, 0.2) is 0 Å². The zero-order valence-corrected chi connectivity index (χ0v) is 15.0. The summed E-state index contributed by atoms with van der Waals surface area (Å²) < 4.78 is 16.0. The number of carboxylic acid groups (broad SMARTS) is 1. The van der Waals surface area contributed by atoms with Crippen LogP contribution in [0.3, 0.4) is 0 Å². The van der Waals surface area contributed by atoms with Gasteiger partial charge in [0.2, 0.25) is 0 Å². The Morgan fingerprint density at radius 2 is 2.00 bits per heavy atom. The predicted octanol–water partition coefficient (Wildman–Crippen LogP) is 5.06. The van der Waals surface area contributed by atoms with Gasteiger partial charge in [-0.25, -0.2) is 4.39 Å². The first kappa shape index (κ1) is 17.1. The maximum Gasteiger partial charge on any atom is 0.306 e. The number of hydrogen-bond donors (Lipinski definition) is 1. The van der Waals surface area contributed by atoms with E-state index in [4.69, 9.17) is 11.6 Å². The smallest absolute Gasteiger partial charge is 0.306 e. The summed E-state index contributed by atoms with van der Waals surface area (Å²) in [7, 11) is 0. The number of benzene rings is 2. The van der Waals surface area contributed by atoms with Crippen LogP contribution in [0.2, 0.25) is 5.02 Å². The standard InChI is InChI=1S/C21H19ClFNO2/c22-15-6-4-13(5-7-15)12-24-19-9-8-16(23)11-18(19)17-3-1-2-14(21(25)26)10-20(17)24/h4-9,11,14H,1-3,10,12H2,(H,25,26). The molecule has 3 aromatic rings. The fourth-order valence-electron chi connectivity index (χ4n) is 3.99. The van der Waals surface area contributed by atoms with Crippen LogP contribution in [-0.4, -0.2) is 15.6 Å². The minimum Gasteiger partial charge on any atom is -0.481 e. The molecule has 3 nitrogen and oxygen atoms in total. The third kappa shape index (κ3) is 3.10. The molecule has 0 aliphatic heterocycles. The largest absolute Gasteiger partial charge is 0.481 e. The lowest BCUT2D eigenvalue weighted by molar-refractivity contribution is -0.141. The lowest BCUT2D eigenvalue weighted by atomic mass is 10.0. The molecule has 1 heterocycles. The Bertz CT molecular complexity index is 978. The second-order valence-electron chi connectivity index (χ2n) is 6.93. The van der Waals surface area contributed by atoms with Crippen molar-refractivity contribution in [3.63, 3.8) is 0 Å². The highest BCUT2D eigenvalue weighted by atomic mass is 35.5. The highest BCUT2D eigenvalue weighted by molar-refractivity contribution is 6.30. The Hall–Kier alpha value is -2.33. The Morgan fingerprint density at radius 3 is 2.73 bits per heavy atom. The normalized spacial score (nSPS) is 17.1. The molecule has 5 heteroatoms. The summed E-state index contributed by atoms with van der Waals surface area (Å²) in [5.74, 6) is -1.41. The molecule has 1 aromatic heterocycles. The predicted molar refractivity (Wildman–Crippen MR) is 100 cm³/mol. The zero-order chi connectivity index (χ0) is 18.3. The Balaban J connectivity index is 1.87. The molecule has 0 bridgehead atoms. The first-order valence-corrected chi connectivity index (χ1v) is 9.17. The average Bonchev–Trinajstić information content (AvgIpc) is 2.77. The van der Waals surface area contributed by atoms with E-state index in [0.29, 0.717) is 24.4 Å². The van der Waals surface area contributed by atoms with Gasteiger partial charge in [-0.2, -0.15) is 0 Å². The van der Waals surface area contributed by atoms with Gasteiger partial charge in [0, 0.05) is 34.6 Å². The van der Waals surface area contributed by atoms with Crippen LogP contribution in [0.1, 0.15) is 29.7 Å². The first-order chi connectivity index (χ1) is 12.5. The van der Waals surface area contributed by atoms with E-state index in [1.807, 2.05) is 24.3 Å². The number of carboxylic acids is 1. The van der Waals surface area contributed by atoms with Crippen molar-refractivity contribution in [2.24, 2.45) is 5.92 Å². The molecule has 1 aliphatic rings. The van der Waals surface area contributed by atoms with Crippen molar-refractivity contribution in [3.05, 3.63) is 70.1 Å². The molecular formula is C21H19ClFNO2. The summed E-state index contributed by atoms with van der Waals surface area (Å²) in [6, 6.07) is 12.5. The van der Waals surface area contributed by atoms with Gasteiger partial charge in [-0.3, -0.25) is 4.79 Å². The molecule has 26 heavy (non-hydrogen) atoms. The molecule has 0 amide bonds. The number of aliphatic carboxylic acids is 1. The molecule has 0 saturated heterocycles. The fraction of sp³-hybridized carbons (Fsp3) is 0.286. The van der Waals surface area contributed by atoms with E-state index in [-0.39, 0.29) is 5.82 Å². The van der Waals surface area contributed by atoms with Gasteiger partial charge < -0.3 is 9.67 Å². The molecule has 1 N–H and O–H groups in total. The maximum absolute atomic E-state index is 13.9. The highest BCUT2D eigenvalue weighted by Crippen LogP contribution is 2.34. The molecule has 4 rings (SSSR count). The van der Waals surface area contributed by atoms with Gasteiger partial charge in [-0.1, -0.05) is 23.7 Å². The van der Waals surface area contributed by atoms with Crippen molar-refractivity contribution in [1.29, 1.82) is 0 Å². The van der Waals surface area contributed by atoms with Gasteiger partial charge in [0.05, 0.1) is 5.92 Å². The SMILES string of the molecule is O=C(O)C1CCCc2c(n(Cc3ccc(Cl)cc3)c3ccc(F)cc23)C1. The van der Waals surface area contributed by atoms with Crippen molar-refractivity contribution in [2.75, 3.05) is 0 Å². The van der Waals surface area contributed by atoms with Gasteiger partial charge in [-0.05, 0) is 60.7 Å². The average molecular weight is 372 g/mol. The van der Waals surface area contributed by atoms with E-state index in [9.17, 15) is 14.3 Å². The summed E-state index contributed by atoms with van der Waals surface area (Å²) in [6.07, 6.45) is 2.73. The van der Waals surface area contributed by atoms with E-state index < -0.39 is 11.9 Å². The second kappa shape index (κ2) is 6.76. The van der Waals surface area contributed by atoms with Gasteiger partial charge >= 0.3 is 5.97 Å². The minimum atomic E-state index is -0.757. The third-order valence-corrected chi connectivity index (χ3v) is 5.52. The van der Waals surface area contributed by atoms with E-state index in [1.165, 1.54) is 6.07 Å². The third-order valence-electron chi connectivity index (χ3n) is 5.27. The zero-order valence-electron chi connectivity index (χ0n) is 14.2. The summed E-state index contributed by atoms with van der Waals surface area (Å²) in [4.78, 5) is 11.6. The van der Waals surface area contributed by atoms with Gasteiger partial charge in [0.1, 0.15) is 5.82 Å². The van der Waals surface area contributed by atoms with Crippen molar-refractivity contribution in [1.82, 2.24) is 4.57 Å². The summed E-state index contributed by atoms with van der Waals surface area (Å²) in [6.45, 7) is 0.612. The minimum absolute atomic E-state index is 0.261. The van der Waals surface area contributed by atoms with Crippen LogP contribution in [0.15, 0.2) is 42.5 Å². The molecule has 1 aliphatic carbocycles. The fourth-order valence-corrected chi connectivity index (χ4v) is 4.11. The van der Waals surface area contributed by atoms with Crippen LogP contribution in [0.25, 0.3) is 10.9 Å². The van der Waals surface area contributed by atoms with Crippen LogP contribution in [0.5, 0.6) is 0 Å². The number of hydrogen-bond acceptors (Lipinski definition) is 1. The lowest BCUT2D eigenvalue weighted by Gasteiger charge is -2.14. The van der Waals surface area contributed by atoms with Crippen LogP contribution < -0.4 is 0 Å². The Kier molecular flexibility index (Phi) is 4.45. The maximum atomic E-state index is 13.9. The number of nitrogens with zero attached hydrogens (tertiary/aromatic N) is 1. The van der Waals surface area contributed by atoms with Crippen molar-refractivity contribution in [3.8, 4) is 0 Å². The van der Waals surface area contributed by atoms with Gasteiger partial charge in [0.25, 0.3) is 0 Å². The van der Waals surface area contributed by atoms with Crippen molar-refractivity contribution in [2.45, 2.75) is 32.2 Å². The van der Waals surface area contributed by atoms with Gasteiger partial charge in [-0.15, -0.1) is 0 Å². The number of rotatable bonds is 3. The number of carbonyl (C=O) groups is 1. The summed E-state index contributed by atoms with van der Waals surface area (Å²) in [5, 5.41) is 11.1. The van der Waals surface area contributed by atoms with Crippen LogP contribution in [0, 0.1) is 11.7 Å². The molecular weight excluding hydrogens is 353 g/mol. The summed E-state index contributed by atoms with van der Waals surface area (Å²) >= 11 is 5.98. The molecule has 2 aromatic carbocycles. The summed E-state index contributed by atoms with van der Waals surface area (Å²) in [5.41, 5.74) is 4.15. The first-order valence-electron chi connectivity index (χ1n) is 8.79. The van der Waals surface area contributed by atoms with E-state index in [2.05, 4.69) is 4.57 Å². The second-order valence-corrected chi connectivity index (χ2v) is 7.37.